The summed E-state index contributed by atoms with van der Waals surface area (Å²) in [4.78, 5) is 0. The van der Waals surface area contributed by atoms with Gasteiger partial charge in [0.2, 0.25) is 0 Å². The van der Waals surface area contributed by atoms with Gasteiger partial charge in [-0.3, -0.25) is 0 Å². The van der Waals surface area contributed by atoms with Gasteiger partial charge < -0.3 is 10.2 Å². The van der Waals surface area contributed by atoms with E-state index in [1.54, 1.807) is 5.57 Å². The van der Waals surface area contributed by atoms with E-state index in [-0.39, 0.29) is 6.10 Å². The fourth-order valence-electron chi connectivity index (χ4n) is 8.35. The molecule has 4 aliphatic rings. The first-order valence-electron chi connectivity index (χ1n) is 12.3. The predicted octanol–water partition coefficient (Wildman–Crippen LogP) is 6.28. The maximum absolute atomic E-state index is 10.2. The van der Waals surface area contributed by atoms with Crippen molar-refractivity contribution in [3.8, 4) is 0 Å². The summed E-state index contributed by atoms with van der Waals surface area (Å²) in [5.74, 6) is 4.05. The average molecular weight is 401 g/mol. The molecule has 2 nitrogen and oxygen atoms in total. The summed E-state index contributed by atoms with van der Waals surface area (Å²) in [6, 6.07) is 0. The summed E-state index contributed by atoms with van der Waals surface area (Å²) < 4.78 is 0. The third kappa shape index (κ3) is 3.78. The summed E-state index contributed by atoms with van der Waals surface area (Å²) in [5, 5.41) is 20.2. The molecule has 2 heteroatoms. The van der Waals surface area contributed by atoms with Gasteiger partial charge in [-0.1, -0.05) is 44.6 Å². The van der Waals surface area contributed by atoms with Gasteiger partial charge in [0.25, 0.3) is 0 Å². The molecule has 29 heavy (non-hydrogen) atoms. The van der Waals surface area contributed by atoms with Crippen molar-refractivity contribution in [2.75, 3.05) is 0 Å². The smallest absolute Gasteiger partial charge is 0.0771 e. The minimum Gasteiger partial charge on any atom is -0.393 e. The van der Waals surface area contributed by atoms with Gasteiger partial charge in [0, 0.05) is 0 Å². The van der Waals surface area contributed by atoms with Crippen LogP contribution in [-0.4, -0.2) is 21.9 Å². The second-order valence-electron chi connectivity index (χ2n) is 12.2. The van der Waals surface area contributed by atoms with Crippen LogP contribution in [0.25, 0.3) is 0 Å². The third-order valence-electron chi connectivity index (χ3n) is 9.87. The van der Waals surface area contributed by atoms with Crippen molar-refractivity contribution in [3.63, 3.8) is 0 Å². The Morgan fingerprint density at radius 2 is 1.90 bits per heavy atom. The molecule has 0 spiro atoms. The normalized spacial score (nSPS) is 46.0. The highest BCUT2D eigenvalue weighted by Crippen LogP contribution is 2.67. The van der Waals surface area contributed by atoms with Gasteiger partial charge in [-0.15, -0.1) is 0 Å². The molecule has 0 radical (unpaired) electrons. The van der Waals surface area contributed by atoms with Gasteiger partial charge in [0.1, 0.15) is 0 Å². The van der Waals surface area contributed by atoms with Gasteiger partial charge in [-0.2, -0.15) is 0 Å². The number of hydrogen-bond donors (Lipinski definition) is 2. The zero-order chi connectivity index (χ0) is 21.0. The molecule has 0 aromatic carbocycles. The lowest BCUT2D eigenvalue weighted by molar-refractivity contribution is -0.0565. The van der Waals surface area contributed by atoms with Crippen LogP contribution >= 0.6 is 0 Å². The van der Waals surface area contributed by atoms with Crippen LogP contribution in [0.4, 0.5) is 0 Å². The van der Waals surface area contributed by atoms with Crippen molar-refractivity contribution < 1.29 is 10.2 Å². The number of aliphatic hydroxyl groups excluding tert-OH is 1. The van der Waals surface area contributed by atoms with Crippen molar-refractivity contribution in [1.82, 2.24) is 0 Å². The van der Waals surface area contributed by atoms with E-state index in [0.29, 0.717) is 16.7 Å². The van der Waals surface area contributed by atoms with Crippen LogP contribution in [0, 0.1) is 40.4 Å². The van der Waals surface area contributed by atoms with Gasteiger partial charge >= 0.3 is 0 Å². The number of rotatable bonds is 4. The highest BCUT2D eigenvalue weighted by molar-refractivity contribution is 5.25. The zero-order valence-corrected chi connectivity index (χ0v) is 19.5. The quantitative estimate of drug-likeness (QED) is 0.545. The molecule has 0 aromatic rings. The molecule has 0 amide bonds. The molecule has 164 valence electrons. The fraction of sp³-hybridized carbons (Fsp3) is 0.852. The lowest BCUT2D eigenvalue weighted by Gasteiger charge is -2.58. The van der Waals surface area contributed by atoms with Crippen LogP contribution in [0.2, 0.25) is 0 Å². The Kier molecular flexibility index (Phi) is 5.61. The first kappa shape index (κ1) is 21.6. The molecule has 4 aliphatic carbocycles. The summed E-state index contributed by atoms with van der Waals surface area (Å²) >= 11 is 0. The highest BCUT2D eigenvalue weighted by Gasteiger charge is 2.59. The monoisotopic (exact) mass is 400 g/mol. The minimum absolute atomic E-state index is 0.103. The molecule has 0 bridgehead atoms. The van der Waals surface area contributed by atoms with E-state index in [1.807, 2.05) is 19.9 Å². The van der Waals surface area contributed by atoms with E-state index >= 15 is 0 Å². The van der Waals surface area contributed by atoms with Crippen molar-refractivity contribution in [1.29, 1.82) is 0 Å². The number of hydrogen-bond acceptors (Lipinski definition) is 2. The van der Waals surface area contributed by atoms with E-state index in [0.717, 1.165) is 42.9 Å². The Bertz CT molecular complexity index is 671. The van der Waals surface area contributed by atoms with Crippen LogP contribution in [-0.2, 0) is 0 Å². The molecular weight excluding hydrogens is 356 g/mol. The van der Waals surface area contributed by atoms with Gasteiger partial charge in [0.05, 0.1) is 11.7 Å². The molecule has 2 N–H and O–H groups in total. The van der Waals surface area contributed by atoms with Crippen molar-refractivity contribution >= 4 is 0 Å². The topological polar surface area (TPSA) is 40.5 Å². The number of fused-ring (bicyclic) bond motifs is 5. The van der Waals surface area contributed by atoms with Crippen LogP contribution in [0.1, 0.15) is 92.4 Å². The van der Waals surface area contributed by atoms with E-state index in [4.69, 9.17) is 0 Å². The molecule has 0 unspecified atom stereocenters. The number of aliphatic hydroxyl groups is 2. The second-order valence-corrected chi connectivity index (χ2v) is 12.2. The van der Waals surface area contributed by atoms with Crippen LogP contribution in [0.15, 0.2) is 23.8 Å². The minimum atomic E-state index is -0.699. The zero-order valence-electron chi connectivity index (χ0n) is 19.5. The van der Waals surface area contributed by atoms with Crippen molar-refractivity contribution in [3.05, 3.63) is 23.8 Å². The van der Waals surface area contributed by atoms with E-state index in [9.17, 15) is 10.2 Å². The Hall–Kier alpha value is -0.600. The molecule has 0 aliphatic heterocycles. The molecule has 0 aromatic heterocycles. The Morgan fingerprint density at radius 3 is 2.62 bits per heavy atom. The number of allylic oxidation sites excluding steroid dienone is 2. The van der Waals surface area contributed by atoms with Gasteiger partial charge in [-0.25, -0.2) is 0 Å². The van der Waals surface area contributed by atoms with Crippen molar-refractivity contribution in [2.24, 2.45) is 40.4 Å². The Morgan fingerprint density at radius 1 is 1.14 bits per heavy atom. The first-order valence-corrected chi connectivity index (χ1v) is 12.3. The predicted molar refractivity (Wildman–Crippen MR) is 120 cm³/mol. The SMILES string of the molecule is C[C@H](C/C=C\C(C)(C)O)[C@H]1CC[C@H]2[C@@H]3CC=C4C[C@@H](O)CC[C@]4(C)[C@H]3CC[C@]12C. The van der Waals surface area contributed by atoms with Crippen molar-refractivity contribution in [2.45, 2.75) is 104 Å². The lowest BCUT2D eigenvalue weighted by Crippen LogP contribution is -2.50. The standard InChI is InChI=1S/C27H44O2/c1-18(7-6-14-25(2,3)29)22-10-11-23-21-9-8-19-17-20(28)12-15-26(19,4)24(21)13-16-27(22,23)5/h6,8,14,18,20-24,28-29H,7,9-13,15-17H2,1-5H3/b14-6-/t18-,20+,21+,22-,23+,24+,26+,27-/m1/s1. The summed E-state index contributed by atoms with van der Waals surface area (Å²) in [6.07, 6.45) is 17.6. The molecule has 3 saturated carbocycles. The largest absolute Gasteiger partial charge is 0.393 e. The van der Waals surface area contributed by atoms with Crippen LogP contribution < -0.4 is 0 Å². The summed E-state index contributed by atoms with van der Waals surface area (Å²) in [6.45, 7) is 11.3. The summed E-state index contributed by atoms with van der Waals surface area (Å²) in [7, 11) is 0. The average Bonchev–Trinajstić information content (AvgIpc) is 2.98. The third-order valence-corrected chi connectivity index (χ3v) is 9.87. The van der Waals surface area contributed by atoms with E-state index < -0.39 is 5.60 Å². The maximum Gasteiger partial charge on any atom is 0.0771 e. The fourth-order valence-corrected chi connectivity index (χ4v) is 8.35. The summed E-state index contributed by atoms with van der Waals surface area (Å²) in [5.41, 5.74) is 1.72. The molecule has 0 heterocycles. The first-order chi connectivity index (χ1) is 13.5. The Balaban J connectivity index is 1.51. The molecule has 3 fully saturated rings. The maximum atomic E-state index is 10.2. The molecule has 8 atom stereocenters. The van der Waals surface area contributed by atoms with Crippen LogP contribution in [0.5, 0.6) is 0 Å². The lowest BCUT2D eigenvalue weighted by atomic mass is 9.47. The van der Waals surface area contributed by atoms with Gasteiger partial charge in [0.15, 0.2) is 0 Å². The second kappa shape index (κ2) is 7.52. The van der Waals surface area contributed by atoms with Gasteiger partial charge in [-0.05, 0) is 112 Å². The van der Waals surface area contributed by atoms with E-state index in [1.165, 1.54) is 38.5 Å². The molecule has 0 saturated heterocycles. The molecular formula is C27H44O2. The molecule has 4 rings (SSSR count). The van der Waals surface area contributed by atoms with E-state index in [2.05, 4.69) is 32.9 Å². The highest BCUT2D eigenvalue weighted by atomic mass is 16.3. The Labute approximate surface area is 178 Å². The van der Waals surface area contributed by atoms with Crippen LogP contribution in [0.3, 0.4) is 0 Å².